The van der Waals surface area contributed by atoms with E-state index in [0.717, 1.165) is 6.42 Å². The fourth-order valence-corrected chi connectivity index (χ4v) is 2.87. The second kappa shape index (κ2) is 11.3. The van der Waals surface area contributed by atoms with Crippen molar-refractivity contribution >= 4 is 5.97 Å². The van der Waals surface area contributed by atoms with Crippen LogP contribution >= 0.6 is 0 Å². The van der Waals surface area contributed by atoms with Gasteiger partial charge in [-0.05, 0) is 36.0 Å². The van der Waals surface area contributed by atoms with Crippen LogP contribution in [0.3, 0.4) is 0 Å². The van der Waals surface area contributed by atoms with Crippen LogP contribution in [0.2, 0.25) is 0 Å². The van der Waals surface area contributed by atoms with Crippen molar-refractivity contribution in [3.63, 3.8) is 0 Å². The lowest BCUT2D eigenvalue weighted by Gasteiger charge is -2.23. The molecule has 2 rings (SSSR count). The summed E-state index contributed by atoms with van der Waals surface area (Å²) < 4.78 is 0. The highest BCUT2D eigenvalue weighted by atomic mass is 16.4. The number of hydrogen-bond donors (Lipinski definition) is 1. The van der Waals surface area contributed by atoms with Crippen molar-refractivity contribution in [1.29, 1.82) is 0 Å². The van der Waals surface area contributed by atoms with E-state index >= 15 is 0 Å². The van der Waals surface area contributed by atoms with Crippen LogP contribution in [-0.2, 0) is 11.2 Å². The number of aliphatic carboxylic acids is 1. The zero-order valence-corrected chi connectivity index (χ0v) is 16.6. The van der Waals surface area contributed by atoms with Gasteiger partial charge in [0.15, 0.2) is 0 Å². The van der Waals surface area contributed by atoms with Gasteiger partial charge >= 0.3 is 5.97 Å². The molecule has 2 aromatic carbocycles. The minimum atomic E-state index is -0.793. The molecule has 140 valence electrons. The van der Waals surface area contributed by atoms with E-state index < -0.39 is 11.9 Å². The molecule has 1 N–H and O–H groups in total. The quantitative estimate of drug-likeness (QED) is 0.582. The van der Waals surface area contributed by atoms with Crippen molar-refractivity contribution in [2.24, 2.45) is 5.92 Å². The average Bonchev–Trinajstić information content (AvgIpc) is 2.70. The van der Waals surface area contributed by atoms with Gasteiger partial charge in [0.25, 0.3) is 0 Å². The Bertz CT molecular complexity index is 671. The van der Waals surface area contributed by atoms with Crippen LogP contribution < -0.4 is 0 Å². The van der Waals surface area contributed by atoms with E-state index in [1.165, 1.54) is 16.7 Å². The Morgan fingerprint density at radius 2 is 1.50 bits per heavy atom. The van der Waals surface area contributed by atoms with Crippen molar-refractivity contribution < 1.29 is 9.90 Å². The lowest BCUT2D eigenvalue weighted by Crippen LogP contribution is -2.09. The molecule has 2 nitrogen and oxygen atoms in total. The first kappa shape index (κ1) is 21.7. The summed E-state index contributed by atoms with van der Waals surface area (Å²) >= 11 is 0. The Morgan fingerprint density at radius 1 is 0.923 bits per heavy atom. The highest BCUT2D eigenvalue weighted by Gasteiger charge is 2.19. The van der Waals surface area contributed by atoms with Crippen molar-refractivity contribution in [2.75, 3.05) is 0 Å². The van der Waals surface area contributed by atoms with E-state index in [1.54, 1.807) is 13.0 Å². The number of carboxylic acids is 1. The van der Waals surface area contributed by atoms with E-state index in [2.05, 4.69) is 56.3 Å². The smallest absolute Gasteiger partial charge is 0.310 e. The Kier molecular flexibility index (Phi) is 9.43. The molecule has 0 amide bonds. The second-order valence-corrected chi connectivity index (χ2v) is 6.33. The lowest BCUT2D eigenvalue weighted by molar-refractivity contribution is -0.139. The number of aryl methyl sites for hydroxylation is 1. The van der Waals surface area contributed by atoms with E-state index in [-0.39, 0.29) is 11.8 Å². The third-order valence-electron chi connectivity index (χ3n) is 4.63. The molecule has 0 fully saturated rings. The van der Waals surface area contributed by atoms with Gasteiger partial charge in [-0.1, -0.05) is 94.4 Å². The van der Waals surface area contributed by atoms with Crippen LogP contribution in [-0.4, -0.2) is 11.1 Å². The number of allylic oxidation sites excluding steroid dienone is 1. The maximum absolute atomic E-state index is 11.1. The first-order chi connectivity index (χ1) is 12.5. The summed E-state index contributed by atoms with van der Waals surface area (Å²) in [6.07, 6.45) is 4.88. The fraction of sp³-hybridized carbons (Fsp3) is 0.375. The van der Waals surface area contributed by atoms with E-state index in [1.807, 2.05) is 32.0 Å². The summed E-state index contributed by atoms with van der Waals surface area (Å²) in [7, 11) is 0. The molecule has 26 heavy (non-hydrogen) atoms. The molecule has 0 saturated heterocycles. The SMILES string of the molecule is CC.CCc1ccc(C(C=CC(C)C(=O)O)C(C)c2ccccc2)cc1. The zero-order chi connectivity index (χ0) is 19.5. The second-order valence-electron chi connectivity index (χ2n) is 6.33. The monoisotopic (exact) mass is 352 g/mol. The maximum Gasteiger partial charge on any atom is 0.310 e. The molecule has 0 radical (unpaired) electrons. The third kappa shape index (κ3) is 6.18. The van der Waals surface area contributed by atoms with Crippen molar-refractivity contribution in [2.45, 2.75) is 52.9 Å². The van der Waals surface area contributed by atoms with Gasteiger partial charge in [0, 0.05) is 5.92 Å². The predicted octanol–water partition coefficient (Wildman–Crippen LogP) is 6.44. The molecule has 0 bridgehead atoms. The first-order valence-electron chi connectivity index (χ1n) is 9.57. The molecule has 0 aliphatic carbocycles. The number of hydrogen-bond acceptors (Lipinski definition) is 1. The van der Waals surface area contributed by atoms with Crippen LogP contribution in [0.4, 0.5) is 0 Å². The van der Waals surface area contributed by atoms with Crippen LogP contribution in [0, 0.1) is 5.92 Å². The number of benzene rings is 2. The van der Waals surface area contributed by atoms with Crippen molar-refractivity contribution in [3.8, 4) is 0 Å². The van der Waals surface area contributed by atoms with Gasteiger partial charge in [0.05, 0.1) is 5.92 Å². The Labute approximate surface area is 158 Å². The Balaban J connectivity index is 0.00000163. The van der Waals surface area contributed by atoms with E-state index in [4.69, 9.17) is 5.11 Å². The molecule has 3 atom stereocenters. The molecule has 2 heteroatoms. The highest BCUT2D eigenvalue weighted by molar-refractivity contribution is 5.71. The van der Waals surface area contributed by atoms with Gasteiger partial charge in [0.1, 0.15) is 0 Å². The number of rotatable bonds is 7. The largest absolute Gasteiger partial charge is 0.481 e. The van der Waals surface area contributed by atoms with Gasteiger partial charge in [-0.15, -0.1) is 0 Å². The summed E-state index contributed by atoms with van der Waals surface area (Å²) in [5.41, 5.74) is 3.79. The minimum Gasteiger partial charge on any atom is -0.481 e. The van der Waals surface area contributed by atoms with Gasteiger partial charge < -0.3 is 5.11 Å². The molecule has 0 spiro atoms. The van der Waals surface area contributed by atoms with Crippen LogP contribution in [0.5, 0.6) is 0 Å². The van der Waals surface area contributed by atoms with Crippen molar-refractivity contribution in [1.82, 2.24) is 0 Å². The third-order valence-corrected chi connectivity index (χ3v) is 4.63. The summed E-state index contributed by atoms with van der Waals surface area (Å²) in [5.74, 6) is -0.847. The molecular weight excluding hydrogens is 320 g/mol. The topological polar surface area (TPSA) is 37.3 Å². The lowest BCUT2D eigenvalue weighted by atomic mass is 9.81. The molecule has 0 aromatic heterocycles. The summed E-state index contributed by atoms with van der Waals surface area (Å²) in [4.78, 5) is 11.1. The van der Waals surface area contributed by atoms with E-state index in [9.17, 15) is 4.79 Å². The zero-order valence-electron chi connectivity index (χ0n) is 16.6. The number of carboxylic acid groups (broad SMARTS) is 1. The standard InChI is InChI=1S/C22H26O2.C2H6/c1-4-18-11-13-20(14-12-18)21(15-10-16(2)22(23)24)17(3)19-8-6-5-7-9-19;1-2/h5-17,21H,4H2,1-3H3,(H,23,24);1-2H3. The van der Waals surface area contributed by atoms with Crippen LogP contribution in [0.1, 0.15) is 63.1 Å². The van der Waals surface area contributed by atoms with Gasteiger partial charge in [-0.3, -0.25) is 4.79 Å². The minimum absolute atomic E-state index is 0.153. The van der Waals surface area contributed by atoms with Crippen molar-refractivity contribution in [3.05, 3.63) is 83.4 Å². The van der Waals surface area contributed by atoms with E-state index in [0.29, 0.717) is 0 Å². The van der Waals surface area contributed by atoms with Crippen LogP contribution in [0.25, 0.3) is 0 Å². The number of carbonyl (C=O) groups is 1. The fourth-order valence-electron chi connectivity index (χ4n) is 2.87. The molecule has 0 aliphatic rings. The first-order valence-corrected chi connectivity index (χ1v) is 9.57. The summed E-state index contributed by atoms with van der Waals surface area (Å²) in [6.45, 7) is 10.1. The Morgan fingerprint density at radius 3 is 2.00 bits per heavy atom. The van der Waals surface area contributed by atoms with Gasteiger partial charge in [0.2, 0.25) is 0 Å². The predicted molar refractivity (Wildman–Crippen MR) is 111 cm³/mol. The maximum atomic E-state index is 11.1. The summed E-state index contributed by atoms with van der Waals surface area (Å²) in [5, 5.41) is 9.14. The summed E-state index contributed by atoms with van der Waals surface area (Å²) in [6, 6.07) is 19.0. The molecular formula is C24H32O2. The normalized spacial score (nSPS) is 14.2. The Hall–Kier alpha value is -2.35. The molecule has 2 aromatic rings. The average molecular weight is 353 g/mol. The van der Waals surface area contributed by atoms with Gasteiger partial charge in [-0.2, -0.15) is 0 Å². The molecule has 3 unspecified atom stereocenters. The van der Waals surface area contributed by atoms with Crippen LogP contribution in [0.15, 0.2) is 66.7 Å². The molecule has 0 saturated carbocycles. The van der Waals surface area contributed by atoms with Gasteiger partial charge in [-0.25, -0.2) is 0 Å². The molecule has 0 heterocycles. The highest BCUT2D eigenvalue weighted by Crippen LogP contribution is 2.34. The molecule has 0 aliphatic heterocycles.